The van der Waals surface area contributed by atoms with Gasteiger partial charge in [-0.1, -0.05) is 6.92 Å². The first kappa shape index (κ1) is 15.8. The van der Waals surface area contributed by atoms with E-state index in [4.69, 9.17) is 4.74 Å². The highest BCUT2D eigenvalue weighted by atomic mass is 16.5. The number of nitrogens with one attached hydrogen (secondary N) is 2. The van der Waals surface area contributed by atoms with Crippen LogP contribution < -0.4 is 10.6 Å². The normalized spacial score (nSPS) is 15.7. The molecule has 1 fully saturated rings. The van der Waals surface area contributed by atoms with Crippen LogP contribution in [0.4, 0.5) is 5.82 Å². The molecule has 0 bridgehead atoms. The average molecular weight is 291 g/mol. The van der Waals surface area contributed by atoms with Crippen LogP contribution in [0, 0.1) is 5.92 Å². The van der Waals surface area contributed by atoms with Crippen LogP contribution in [-0.2, 0) is 11.2 Å². The summed E-state index contributed by atoms with van der Waals surface area (Å²) in [6.07, 6.45) is 2.87. The summed E-state index contributed by atoms with van der Waals surface area (Å²) in [6, 6.07) is 3.70. The number of amides is 1. The van der Waals surface area contributed by atoms with Gasteiger partial charge in [0.25, 0.3) is 5.91 Å². The van der Waals surface area contributed by atoms with Gasteiger partial charge in [0, 0.05) is 37.6 Å². The van der Waals surface area contributed by atoms with Gasteiger partial charge < -0.3 is 15.4 Å². The van der Waals surface area contributed by atoms with Crippen molar-refractivity contribution in [1.82, 2.24) is 10.3 Å². The van der Waals surface area contributed by atoms with E-state index < -0.39 is 0 Å². The molecule has 5 nitrogen and oxygen atoms in total. The zero-order chi connectivity index (χ0) is 15.1. The van der Waals surface area contributed by atoms with Crippen molar-refractivity contribution < 1.29 is 9.53 Å². The molecule has 0 spiro atoms. The van der Waals surface area contributed by atoms with E-state index in [0.717, 1.165) is 57.1 Å². The number of aromatic nitrogens is 1. The molecule has 1 aromatic rings. The molecule has 1 aliphatic heterocycles. The van der Waals surface area contributed by atoms with Gasteiger partial charge in [-0.25, -0.2) is 4.98 Å². The summed E-state index contributed by atoms with van der Waals surface area (Å²) in [7, 11) is 0. The van der Waals surface area contributed by atoms with Crippen LogP contribution in [0.5, 0.6) is 0 Å². The number of carbonyl (C=O) groups excluding carboxylic acids is 1. The van der Waals surface area contributed by atoms with Gasteiger partial charge in [0.1, 0.15) is 5.82 Å². The van der Waals surface area contributed by atoms with Crippen LogP contribution >= 0.6 is 0 Å². The van der Waals surface area contributed by atoms with Crippen molar-refractivity contribution in [2.45, 2.75) is 33.1 Å². The third-order valence-electron chi connectivity index (χ3n) is 3.75. The highest BCUT2D eigenvalue weighted by Crippen LogP contribution is 2.15. The van der Waals surface area contributed by atoms with E-state index in [9.17, 15) is 4.79 Å². The van der Waals surface area contributed by atoms with E-state index >= 15 is 0 Å². The van der Waals surface area contributed by atoms with E-state index in [1.165, 1.54) is 0 Å². The number of nitrogens with zero attached hydrogens (tertiary/aromatic N) is 1. The highest BCUT2D eigenvalue weighted by molar-refractivity contribution is 5.95. The number of rotatable bonds is 6. The molecule has 116 valence electrons. The monoisotopic (exact) mass is 291 g/mol. The largest absolute Gasteiger partial charge is 0.381 e. The lowest BCUT2D eigenvalue weighted by atomic mass is 10.0. The summed E-state index contributed by atoms with van der Waals surface area (Å²) >= 11 is 0. The molecule has 2 heterocycles. The smallest absolute Gasteiger partial charge is 0.251 e. The number of pyridine rings is 1. The zero-order valence-electron chi connectivity index (χ0n) is 12.9. The van der Waals surface area contributed by atoms with Crippen LogP contribution in [0.2, 0.25) is 0 Å². The molecular weight excluding hydrogens is 266 g/mol. The van der Waals surface area contributed by atoms with Gasteiger partial charge in [-0.3, -0.25) is 4.79 Å². The fraction of sp³-hybridized carbons (Fsp3) is 0.625. The minimum Gasteiger partial charge on any atom is -0.381 e. The molecule has 0 unspecified atom stereocenters. The Labute approximate surface area is 126 Å². The standard InChI is InChI=1S/C16H25N3O2/c1-3-14-9-13(10-15(19-14)17-4-2)16(20)18-11-12-5-7-21-8-6-12/h9-10,12H,3-8,11H2,1-2H3,(H,17,19)(H,18,20). The van der Waals surface area contributed by atoms with E-state index in [1.807, 2.05) is 26.0 Å². The van der Waals surface area contributed by atoms with Crippen LogP contribution in [-0.4, -0.2) is 37.2 Å². The maximum Gasteiger partial charge on any atom is 0.251 e. The molecule has 0 radical (unpaired) electrons. The molecule has 0 aliphatic carbocycles. The van der Waals surface area contributed by atoms with Crippen molar-refractivity contribution in [2.24, 2.45) is 5.92 Å². The maximum absolute atomic E-state index is 12.3. The first-order chi connectivity index (χ1) is 10.2. The summed E-state index contributed by atoms with van der Waals surface area (Å²) in [5.74, 6) is 1.29. The zero-order valence-corrected chi connectivity index (χ0v) is 12.9. The van der Waals surface area contributed by atoms with Gasteiger partial charge in [-0.05, 0) is 44.2 Å². The van der Waals surface area contributed by atoms with Crippen LogP contribution in [0.3, 0.4) is 0 Å². The van der Waals surface area contributed by atoms with Crippen molar-refractivity contribution in [3.8, 4) is 0 Å². The predicted molar refractivity (Wildman–Crippen MR) is 83.7 cm³/mol. The molecule has 0 saturated carbocycles. The Balaban J connectivity index is 1.98. The molecule has 1 aromatic heterocycles. The quantitative estimate of drug-likeness (QED) is 0.843. The Morgan fingerprint density at radius 2 is 2.10 bits per heavy atom. The second kappa shape index (κ2) is 7.98. The Morgan fingerprint density at radius 3 is 2.76 bits per heavy atom. The Morgan fingerprint density at radius 1 is 1.33 bits per heavy atom. The van der Waals surface area contributed by atoms with Crippen LogP contribution in [0.15, 0.2) is 12.1 Å². The minimum absolute atomic E-state index is 0.0160. The molecule has 5 heteroatoms. The Kier molecular flexibility index (Phi) is 5.99. The summed E-state index contributed by atoms with van der Waals surface area (Å²) in [5.41, 5.74) is 1.62. The molecule has 1 saturated heterocycles. The fourth-order valence-electron chi connectivity index (χ4n) is 2.46. The average Bonchev–Trinajstić information content (AvgIpc) is 2.53. The van der Waals surface area contributed by atoms with Crippen molar-refractivity contribution >= 4 is 11.7 Å². The van der Waals surface area contributed by atoms with Gasteiger partial charge in [-0.15, -0.1) is 0 Å². The molecule has 0 atom stereocenters. The third kappa shape index (κ3) is 4.70. The lowest BCUT2D eigenvalue weighted by Gasteiger charge is -2.22. The number of hydrogen-bond acceptors (Lipinski definition) is 4. The van der Waals surface area contributed by atoms with Gasteiger partial charge in [-0.2, -0.15) is 0 Å². The summed E-state index contributed by atoms with van der Waals surface area (Å²) in [4.78, 5) is 16.8. The van der Waals surface area contributed by atoms with E-state index in [0.29, 0.717) is 11.5 Å². The van der Waals surface area contributed by atoms with Gasteiger partial charge in [0.05, 0.1) is 0 Å². The molecule has 21 heavy (non-hydrogen) atoms. The topological polar surface area (TPSA) is 63.2 Å². The Bertz CT molecular complexity index is 471. The van der Waals surface area contributed by atoms with Crippen molar-refractivity contribution in [3.63, 3.8) is 0 Å². The molecule has 1 amide bonds. The number of ether oxygens (including phenoxy) is 1. The van der Waals surface area contributed by atoms with Crippen LogP contribution in [0.25, 0.3) is 0 Å². The maximum atomic E-state index is 12.3. The summed E-state index contributed by atoms with van der Waals surface area (Å²) in [6.45, 7) is 7.19. The lowest BCUT2D eigenvalue weighted by Crippen LogP contribution is -2.32. The second-order valence-corrected chi connectivity index (χ2v) is 5.38. The van der Waals surface area contributed by atoms with Crippen molar-refractivity contribution in [3.05, 3.63) is 23.4 Å². The second-order valence-electron chi connectivity index (χ2n) is 5.38. The van der Waals surface area contributed by atoms with Crippen molar-refractivity contribution in [2.75, 3.05) is 31.6 Å². The van der Waals surface area contributed by atoms with Gasteiger partial charge >= 0.3 is 0 Å². The minimum atomic E-state index is -0.0160. The van der Waals surface area contributed by atoms with Gasteiger partial charge in [0.2, 0.25) is 0 Å². The molecular formula is C16H25N3O2. The fourth-order valence-corrected chi connectivity index (χ4v) is 2.46. The third-order valence-corrected chi connectivity index (χ3v) is 3.75. The first-order valence-electron chi connectivity index (χ1n) is 7.83. The number of aryl methyl sites for hydroxylation is 1. The number of anilines is 1. The predicted octanol–water partition coefficient (Wildman–Crippen LogP) is 2.23. The Hall–Kier alpha value is -1.62. The number of carbonyl (C=O) groups is 1. The molecule has 2 rings (SSSR count). The van der Waals surface area contributed by atoms with E-state index in [1.54, 1.807) is 0 Å². The summed E-state index contributed by atoms with van der Waals surface area (Å²) < 4.78 is 5.33. The number of hydrogen-bond donors (Lipinski definition) is 2. The van der Waals surface area contributed by atoms with E-state index in [2.05, 4.69) is 15.6 Å². The summed E-state index contributed by atoms with van der Waals surface area (Å²) in [5, 5.41) is 6.21. The lowest BCUT2D eigenvalue weighted by molar-refractivity contribution is 0.0642. The van der Waals surface area contributed by atoms with Gasteiger partial charge in [0.15, 0.2) is 0 Å². The first-order valence-corrected chi connectivity index (χ1v) is 7.83. The molecule has 2 N–H and O–H groups in total. The van der Waals surface area contributed by atoms with Crippen LogP contribution in [0.1, 0.15) is 42.7 Å². The molecule has 0 aromatic carbocycles. The van der Waals surface area contributed by atoms with E-state index in [-0.39, 0.29) is 5.91 Å². The van der Waals surface area contributed by atoms with Crippen molar-refractivity contribution in [1.29, 1.82) is 0 Å². The molecule has 1 aliphatic rings. The highest BCUT2D eigenvalue weighted by Gasteiger charge is 2.16. The SMILES string of the molecule is CCNc1cc(C(=O)NCC2CCOCC2)cc(CC)n1.